The largest absolute Gasteiger partial charge is 0.359 e. The quantitative estimate of drug-likeness (QED) is 0.826. The van der Waals surface area contributed by atoms with Gasteiger partial charge < -0.3 is 9.42 Å². The van der Waals surface area contributed by atoms with Gasteiger partial charge in [0.25, 0.3) is 0 Å². The lowest BCUT2D eigenvalue weighted by Gasteiger charge is -2.16. The van der Waals surface area contributed by atoms with Crippen LogP contribution in [0.15, 0.2) is 39.8 Å². The van der Waals surface area contributed by atoms with Crippen molar-refractivity contribution in [1.29, 1.82) is 0 Å². The van der Waals surface area contributed by atoms with E-state index < -0.39 is 22.6 Å². The molecule has 2 aromatic rings. The smallest absolute Gasteiger partial charge is 0.315 e. The first-order valence-corrected chi connectivity index (χ1v) is 9.59. The molecule has 0 radical (unpaired) electrons. The SMILES string of the molecule is CN(Cc1ccc([S@@](C)=O)cc1)C(=O)C(=O)Nc1cc(C(C)(C)C)on1. The zero-order chi connectivity index (χ0) is 19.5. The maximum atomic E-state index is 12.2. The lowest BCUT2D eigenvalue weighted by molar-refractivity contribution is -0.142. The fourth-order valence-corrected chi connectivity index (χ4v) is 2.68. The van der Waals surface area contributed by atoms with E-state index in [9.17, 15) is 13.8 Å². The molecule has 1 aromatic carbocycles. The van der Waals surface area contributed by atoms with Gasteiger partial charge in [-0.15, -0.1) is 0 Å². The van der Waals surface area contributed by atoms with Crippen LogP contribution in [-0.2, 0) is 32.3 Å². The van der Waals surface area contributed by atoms with E-state index in [0.29, 0.717) is 10.7 Å². The van der Waals surface area contributed by atoms with Crippen LogP contribution < -0.4 is 5.32 Å². The summed E-state index contributed by atoms with van der Waals surface area (Å²) < 4.78 is 16.6. The average Bonchev–Trinajstić information content (AvgIpc) is 3.03. The molecule has 1 heterocycles. The van der Waals surface area contributed by atoms with E-state index >= 15 is 0 Å². The standard InChI is InChI=1S/C18H23N3O4S/c1-18(2,3)14-10-15(20-25-14)19-16(22)17(23)21(4)11-12-6-8-13(9-7-12)26(5)24/h6-10H,11H2,1-5H3,(H,19,20,22)/t26-/m1/s1. The van der Waals surface area contributed by atoms with Gasteiger partial charge in [0.2, 0.25) is 0 Å². The molecule has 0 aliphatic carbocycles. The summed E-state index contributed by atoms with van der Waals surface area (Å²) in [7, 11) is 0.485. The summed E-state index contributed by atoms with van der Waals surface area (Å²) in [6, 6.07) is 8.66. The van der Waals surface area contributed by atoms with Crippen molar-refractivity contribution >= 4 is 28.4 Å². The lowest BCUT2D eigenvalue weighted by Crippen LogP contribution is -2.36. The van der Waals surface area contributed by atoms with Gasteiger partial charge in [-0.25, -0.2) is 0 Å². The Bertz CT molecular complexity index is 822. The summed E-state index contributed by atoms with van der Waals surface area (Å²) in [4.78, 5) is 26.4. The second-order valence-electron chi connectivity index (χ2n) is 7.04. The number of carbonyl (C=O) groups excluding carboxylic acids is 2. The van der Waals surface area contributed by atoms with Crippen LogP contribution in [0.3, 0.4) is 0 Å². The highest BCUT2D eigenvalue weighted by atomic mass is 32.2. The second kappa shape index (κ2) is 7.82. The molecule has 2 amide bonds. The molecule has 26 heavy (non-hydrogen) atoms. The van der Waals surface area contributed by atoms with E-state index in [-0.39, 0.29) is 17.8 Å². The zero-order valence-corrected chi connectivity index (χ0v) is 16.3. The third-order valence-corrected chi connectivity index (χ3v) is 4.64. The number of benzene rings is 1. The van der Waals surface area contributed by atoms with Gasteiger partial charge in [-0.3, -0.25) is 19.1 Å². The van der Waals surface area contributed by atoms with Crippen molar-refractivity contribution in [2.75, 3.05) is 18.6 Å². The van der Waals surface area contributed by atoms with E-state index in [4.69, 9.17) is 4.52 Å². The molecule has 0 spiro atoms. The van der Waals surface area contributed by atoms with Gasteiger partial charge in [-0.05, 0) is 17.7 Å². The van der Waals surface area contributed by atoms with Crippen LogP contribution in [0.25, 0.3) is 0 Å². The first-order chi connectivity index (χ1) is 12.1. The number of hydrogen-bond donors (Lipinski definition) is 1. The van der Waals surface area contributed by atoms with E-state index in [1.807, 2.05) is 20.8 Å². The Hall–Kier alpha value is -2.48. The highest BCUT2D eigenvalue weighted by molar-refractivity contribution is 7.84. The van der Waals surface area contributed by atoms with Gasteiger partial charge in [0, 0.05) is 47.0 Å². The number of nitrogens with one attached hydrogen (secondary N) is 1. The van der Waals surface area contributed by atoms with Gasteiger partial charge in [0.05, 0.1) is 0 Å². The third-order valence-electron chi connectivity index (χ3n) is 3.71. The summed E-state index contributed by atoms with van der Waals surface area (Å²) in [6.45, 7) is 6.13. The van der Waals surface area contributed by atoms with E-state index in [0.717, 1.165) is 5.56 Å². The minimum atomic E-state index is -1.05. The van der Waals surface area contributed by atoms with Crippen LogP contribution in [0.2, 0.25) is 0 Å². The molecule has 0 aliphatic rings. The van der Waals surface area contributed by atoms with Crippen LogP contribution in [0.5, 0.6) is 0 Å². The number of hydrogen-bond acceptors (Lipinski definition) is 5. The fourth-order valence-electron chi connectivity index (χ4n) is 2.16. The number of aromatic nitrogens is 1. The number of anilines is 1. The highest BCUT2D eigenvalue weighted by Gasteiger charge is 2.23. The maximum absolute atomic E-state index is 12.2. The van der Waals surface area contributed by atoms with Gasteiger partial charge >= 0.3 is 11.8 Å². The molecule has 7 nitrogen and oxygen atoms in total. The number of carbonyl (C=O) groups is 2. The zero-order valence-electron chi connectivity index (χ0n) is 15.5. The molecule has 1 aromatic heterocycles. The molecule has 1 N–H and O–H groups in total. The monoisotopic (exact) mass is 377 g/mol. The van der Waals surface area contributed by atoms with Crippen LogP contribution >= 0.6 is 0 Å². The van der Waals surface area contributed by atoms with Crippen molar-refractivity contribution in [1.82, 2.24) is 10.1 Å². The Labute approximate surface area is 155 Å². The van der Waals surface area contributed by atoms with E-state index in [1.165, 1.54) is 11.9 Å². The topological polar surface area (TPSA) is 92.5 Å². The first-order valence-electron chi connectivity index (χ1n) is 8.04. The van der Waals surface area contributed by atoms with Gasteiger partial charge in [-0.1, -0.05) is 38.1 Å². The van der Waals surface area contributed by atoms with Crippen molar-refractivity contribution in [2.24, 2.45) is 0 Å². The van der Waals surface area contributed by atoms with Gasteiger partial charge in [-0.2, -0.15) is 0 Å². The van der Waals surface area contributed by atoms with Crippen LogP contribution in [0.4, 0.5) is 5.82 Å². The van der Waals surface area contributed by atoms with Crippen LogP contribution in [-0.4, -0.2) is 39.4 Å². The highest BCUT2D eigenvalue weighted by Crippen LogP contribution is 2.24. The van der Waals surface area contributed by atoms with Gasteiger partial charge in [0.15, 0.2) is 5.82 Å². The molecule has 0 fully saturated rings. The Morgan fingerprint density at radius 2 is 1.85 bits per heavy atom. The maximum Gasteiger partial charge on any atom is 0.315 e. The minimum Gasteiger partial charge on any atom is -0.359 e. The predicted molar refractivity (Wildman–Crippen MR) is 99.1 cm³/mol. The molecule has 0 saturated carbocycles. The molecule has 1 atom stereocenters. The van der Waals surface area contributed by atoms with Crippen molar-refractivity contribution < 1.29 is 18.3 Å². The molecular formula is C18H23N3O4S. The third kappa shape index (κ3) is 5.01. The van der Waals surface area contributed by atoms with E-state index in [2.05, 4.69) is 10.5 Å². The first kappa shape index (κ1) is 19.8. The van der Waals surface area contributed by atoms with E-state index in [1.54, 1.807) is 36.6 Å². The Morgan fingerprint density at radius 3 is 2.35 bits per heavy atom. The molecule has 140 valence electrons. The minimum absolute atomic E-state index is 0.205. The van der Waals surface area contributed by atoms with Crippen molar-refractivity contribution in [3.05, 3.63) is 41.7 Å². The second-order valence-corrected chi connectivity index (χ2v) is 8.42. The average molecular weight is 377 g/mol. The summed E-state index contributed by atoms with van der Waals surface area (Å²) in [5.74, 6) is -0.653. The predicted octanol–water partition coefficient (Wildman–Crippen LogP) is 2.31. The summed E-state index contributed by atoms with van der Waals surface area (Å²) >= 11 is 0. The van der Waals surface area contributed by atoms with Crippen molar-refractivity contribution in [2.45, 2.75) is 37.6 Å². The molecule has 0 unspecified atom stereocenters. The summed E-state index contributed by atoms with van der Waals surface area (Å²) in [6.07, 6.45) is 1.60. The van der Waals surface area contributed by atoms with Crippen molar-refractivity contribution in [3.63, 3.8) is 0 Å². The fraction of sp³-hybridized carbons (Fsp3) is 0.389. The molecule has 0 saturated heterocycles. The lowest BCUT2D eigenvalue weighted by atomic mass is 9.93. The Kier molecular flexibility index (Phi) is 5.97. The van der Waals surface area contributed by atoms with Crippen LogP contribution in [0, 0.1) is 0 Å². The summed E-state index contributed by atoms with van der Waals surface area (Å²) in [5, 5.41) is 6.22. The number of rotatable bonds is 4. The van der Waals surface area contributed by atoms with Crippen molar-refractivity contribution in [3.8, 4) is 0 Å². The normalized spacial score (nSPS) is 12.5. The molecule has 2 rings (SSSR count). The molecule has 0 bridgehead atoms. The number of likely N-dealkylation sites (N-methyl/N-ethyl adjacent to an activating group) is 1. The Morgan fingerprint density at radius 1 is 1.23 bits per heavy atom. The summed E-state index contributed by atoms with van der Waals surface area (Å²) in [5.41, 5.74) is 0.588. The number of amides is 2. The van der Waals surface area contributed by atoms with Gasteiger partial charge in [0.1, 0.15) is 5.76 Å². The molecule has 0 aliphatic heterocycles. The molecule has 8 heteroatoms. The number of nitrogens with zero attached hydrogens (tertiary/aromatic N) is 2. The molecular weight excluding hydrogens is 354 g/mol. The van der Waals surface area contributed by atoms with Crippen LogP contribution in [0.1, 0.15) is 32.1 Å². The Balaban J connectivity index is 1.97.